The predicted octanol–water partition coefficient (Wildman–Crippen LogP) is 2.81. The highest BCUT2D eigenvalue weighted by molar-refractivity contribution is 5.78. The minimum absolute atomic E-state index is 0.0448. The molecule has 0 radical (unpaired) electrons. The number of benzene rings is 1. The molecule has 1 aromatic carbocycles. The van der Waals surface area contributed by atoms with Crippen molar-refractivity contribution >= 4 is 5.91 Å². The average Bonchev–Trinajstić information content (AvgIpc) is 2.44. The Hall–Kier alpha value is -1.55. The van der Waals surface area contributed by atoms with E-state index in [4.69, 9.17) is 4.74 Å². The number of rotatable bonds is 7. The summed E-state index contributed by atoms with van der Waals surface area (Å²) < 4.78 is 5.54. The minimum Gasteiger partial charge on any atom is -0.483 e. The molecule has 1 unspecified atom stereocenters. The van der Waals surface area contributed by atoms with Gasteiger partial charge in [-0.05, 0) is 32.8 Å². The summed E-state index contributed by atoms with van der Waals surface area (Å²) in [6.07, 6.45) is 0.889. The summed E-state index contributed by atoms with van der Waals surface area (Å²) in [5.41, 5.74) is 0.487. The van der Waals surface area contributed by atoms with Crippen LogP contribution in [0.4, 0.5) is 0 Å². The first-order valence-electron chi connectivity index (χ1n) is 7.10. The van der Waals surface area contributed by atoms with Crippen molar-refractivity contribution in [3.05, 3.63) is 29.8 Å². The average molecular weight is 279 g/mol. The van der Waals surface area contributed by atoms with Gasteiger partial charge in [0.05, 0.1) is 6.10 Å². The summed E-state index contributed by atoms with van der Waals surface area (Å²) in [6.45, 7) is 7.82. The van der Waals surface area contributed by atoms with E-state index >= 15 is 0 Å². The van der Waals surface area contributed by atoms with Crippen molar-refractivity contribution in [3.8, 4) is 5.75 Å². The van der Waals surface area contributed by atoms with Gasteiger partial charge < -0.3 is 15.2 Å². The van der Waals surface area contributed by atoms with Crippen LogP contribution in [0.25, 0.3) is 0 Å². The number of ether oxygens (including phenoxy) is 1. The molecule has 4 nitrogen and oxygen atoms in total. The van der Waals surface area contributed by atoms with Crippen molar-refractivity contribution in [2.75, 3.05) is 6.61 Å². The van der Waals surface area contributed by atoms with Crippen LogP contribution in [0.3, 0.4) is 0 Å². The summed E-state index contributed by atoms with van der Waals surface area (Å²) in [5, 5.41) is 12.8. The van der Waals surface area contributed by atoms with Gasteiger partial charge in [0.25, 0.3) is 5.91 Å². The number of hydrogen-bond acceptors (Lipinski definition) is 3. The van der Waals surface area contributed by atoms with E-state index in [9.17, 15) is 9.90 Å². The van der Waals surface area contributed by atoms with Crippen LogP contribution in [0.2, 0.25) is 0 Å². The highest BCUT2D eigenvalue weighted by Gasteiger charge is 2.18. The molecule has 20 heavy (non-hydrogen) atoms. The Kier molecular flexibility index (Phi) is 6.02. The van der Waals surface area contributed by atoms with Crippen LogP contribution in [-0.4, -0.2) is 23.2 Å². The lowest BCUT2D eigenvalue weighted by atomic mass is 10.0. The smallest absolute Gasteiger partial charge is 0.258 e. The van der Waals surface area contributed by atoms with E-state index in [1.54, 1.807) is 6.07 Å². The largest absolute Gasteiger partial charge is 0.483 e. The van der Waals surface area contributed by atoms with E-state index in [-0.39, 0.29) is 18.1 Å². The first kappa shape index (κ1) is 16.5. The Morgan fingerprint density at radius 3 is 2.60 bits per heavy atom. The zero-order valence-electron chi connectivity index (χ0n) is 12.8. The molecule has 0 aliphatic carbocycles. The normalized spacial score (nSPS) is 12.8. The molecule has 1 amide bonds. The van der Waals surface area contributed by atoms with E-state index in [2.05, 4.69) is 5.32 Å². The molecular weight excluding hydrogens is 254 g/mol. The fourth-order valence-corrected chi connectivity index (χ4v) is 1.75. The monoisotopic (exact) mass is 279 g/mol. The third kappa shape index (κ3) is 4.85. The molecule has 0 aromatic heterocycles. The maximum absolute atomic E-state index is 11.8. The number of para-hydroxylation sites is 1. The lowest BCUT2D eigenvalue weighted by Crippen LogP contribution is -2.44. The maximum Gasteiger partial charge on any atom is 0.258 e. The Morgan fingerprint density at radius 2 is 2.00 bits per heavy atom. The predicted molar refractivity (Wildman–Crippen MR) is 79.7 cm³/mol. The fourth-order valence-electron chi connectivity index (χ4n) is 1.75. The summed E-state index contributed by atoms with van der Waals surface area (Å²) in [7, 11) is 0. The standard InChI is InChI=1S/C16H25NO3/c1-5-13(18)12-9-7-8-10-14(12)20-11-15(19)17-16(3,4)6-2/h7-10,13,18H,5-6,11H2,1-4H3,(H,17,19). The van der Waals surface area contributed by atoms with E-state index in [1.165, 1.54) is 0 Å². The Bertz CT molecular complexity index is 443. The van der Waals surface area contributed by atoms with E-state index in [0.717, 1.165) is 12.0 Å². The molecule has 1 rings (SSSR count). The summed E-state index contributed by atoms with van der Waals surface area (Å²) in [6, 6.07) is 7.26. The van der Waals surface area contributed by atoms with Crippen LogP contribution >= 0.6 is 0 Å². The Labute approximate surface area is 121 Å². The first-order valence-corrected chi connectivity index (χ1v) is 7.10. The van der Waals surface area contributed by atoms with Gasteiger partial charge >= 0.3 is 0 Å². The summed E-state index contributed by atoms with van der Waals surface area (Å²) >= 11 is 0. The maximum atomic E-state index is 11.8. The Morgan fingerprint density at radius 1 is 1.35 bits per heavy atom. The third-order valence-electron chi connectivity index (χ3n) is 3.39. The quantitative estimate of drug-likeness (QED) is 0.807. The van der Waals surface area contributed by atoms with Crippen molar-refractivity contribution in [1.82, 2.24) is 5.32 Å². The zero-order chi connectivity index (χ0) is 15.2. The molecule has 0 saturated heterocycles. The fraction of sp³-hybridized carbons (Fsp3) is 0.562. The van der Waals surface area contributed by atoms with Crippen molar-refractivity contribution in [2.45, 2.75) is 52.2 Å². The molecule has 1 aromatic rings. The molecule has 0 saturated carbocycles. The third-order valence-corrected chi connectivity index (χ3v) is 3.39. The molecule has 112 valence electrons. The zero-order valence-corrected chi connectivity index (χ0v) is 12.8. The van der Waals surface area contributed by atoms with E-state index < -0.39 is 6.10 Å². The number of hydrogen-bond donors (Lipinski definition) is 2. The molecule has 0 aliphatic heterocycles. The highest BCUT2D eigenvalue weighted by atomic mass is 16.5. The molecular formula is C16H25NO3. The van der Waals surface area contributed by atoms with Crippen molar-refractivity contribution in [1.29, 1.82) is 0 Å². The molecule has 0 aliphatic rings. The van der Waals surface area contributed by atoms with Crippen molar-refractivity contribution in [3.63, 3.8) is 0 Å². The van der Waals surface area contributed by atoms with Crippen molar-refractivity contribution in [2.24, 2.45) is 0 Å². The molecule has 0 spiro atoms. The number of aliphatic hydroxyl groups is 1. The van der Waals surface area contributed by atoms with Gasteiger partial charge in [0.1, 0.15) is 5.75 Å². The number of nitrogens with one attached hydrogen (secondary N) is 1. The SMILES string of the molecule is CCC(O)c1ccccc1OCC(=O)NC(C)(C)CC. The lowest BCUT2D eigenvalue weighted by Gasteiger charge is -2.24. The number of aliphatic hydroxyl groups excluding tert-OH is 1. The van der Waals surface area contributed by atoms with Gasteiger partial charge in [-0.25, -0.2) is 0 Å². The van der Waals surface area contributed by atoms with Gasteiger partial charge in [-0.1, -0.05) is 32.0 Å². The summed E-state index contributed by atoms with van der Waals surface area (Å²) in [4.78, 5) is 11.8. The molecule has 0 heterocycles. The van der Waals surface area contributed by atoms with Crippen molar-refractivity contribution < 1.29 is 14.6 Å². The van der Waals surface area contributed by atoms with Gasteiger partial charge in [-0.15, -0.1) is 0 Å². The Balaban J connectivity index is 2.64. The molecule has 0 fully saturated rings. The van der Waals surface area contributed by atoms with Crippen LogP contribution in [0.1, 0.15) is 52.2 Å². The lowest BCUT2D eigenvalue weighted by molar-refractivity contribution is -0.124. The number of amides is 1. The van der Waals surface area contributed by atoms with Crippen LogP contribution in [-0.2, 0) is 4.79 Å². The number of carbonyl (C=O) groups is 1. The summed E-state index contributed by atoms with van der Waals surface area (Å²) in [5.74, 6) is 0.406. The molecule has 1 atom stereocenters. The van der Waals surface area contributed by atoms with Gasteiger partial charge in [0.2, 0.25) is 0 Å². The topological polar surface area (TPSA) is 58.6 Å². The molecule has 4 heteroatoms. The van der Waals surface area contributed by atoms with Crippen LogP contribution in [0.15, 0.2) is 24.3 Å². The second-order valence-corrected chi connectivity index (χ2v) is 5.54. The van der Waals surface area contributed by atoms with Crippen LogP contribution < -0.4 is 10.1 Å². The van der Waals surface area contributed by atoms with Crippen LogP contribution in [0.5, 0.6) is 5.75 Å². The number of carbonyl (C=O) groups excluding carboxylic acids is 1. The van der Waals surface area contributed by atoms with E-state index in [1.807, 2.05) is 45.9 Å². The first-order chi connectivity index (χ1) is 9.39. The van der Waals surface area contributed by atoms with Gasteiger partial charge in [-0.3, -0.25) is 4.79 Å². The highest BCUT2D eigenvalue weighted by Crippen LogP contribution is 2.26. The second-order valence-electron chi connectivity index (χ2n) is 5.54. The minimum atomic E-state index is -0.568. The van der Waals surface area contributed by atoms with E-state index in [0.29, 0.717) is 12.2 Å². The van der Waals surface area contributed by atoms with Gasteiger partial charge in [-0.2, -0.15) is 0 Å². The van der Waals surface area contributed by atoms with Gasteiger partial charge in [0.15, 0.2) is 6.61 Å². The molecule has 0 bridgehead atoms. The van der Waals surface area contributed by atoms with Gasteiger partial charge in [0, 0.05) is 11.1 Å². The molecule has 2 N–H and O–H groups in total. The van der Waals surface area contributed by atoms with Crippen LogP contribution in [0, 0.1) is 0 Å². The second kappa shape index (κ2) is 7.29.